The van der Waals surface area contributed by atoms with E-state index in [4.69, 9.17) is 23.2 Å². The fraction of sp³-hybridized carbons (Fsp3) is 0.600. The molecule has 2 aromatic rings. The first-order valence-electron chi connectivity index (χ1n) is 13.4. The molecule has 2 rings (SSSR count). The molecule has 0 saturated carbocycles. The number of unbranched alkanes of at least 4 members (excludes halogenated alkanes) is 9. The van der Waals surface area contributed by atoms with Gasteiger partial charge in [0.2, 0.25) is 0 Å². The minimum atomic E-state index is 0.388. The van der Waals surface area contributed by atoms with Crippen LogP contribution in [-0.2, 0) is 6.54 Å². The molecule has 0 aliphatic heterocycles. The molecule has 0 spiro atoms. The standard InChI is InChI=1S/C30H46Cl2N/c1-4-7-8-9-10-11-12-13-14-18-21-30(28-23-22-27(31)24-29(28)32)33(5-2,6-3)25-26-19-16-15-17-20-26/h15-17,19-20,22-24,30H,4-14,18,21,25H2,1-3H3/q+1. The Kier molecular flexibility index (Phi) is 13.5. The highest BCUT2D eigenvalue weighted by molar-refractivity contribution is 6.35. The number of hydrogen-bond donors (Lipinski definition) is 0. The lowest BCUT2D eigenvalue weighted by molar-refractivity contribution is -0.967. The zero-order valence-corrected chi connectivity index (χ0v) is 22.8. The first-order chi connectivity index (χ1) is 16.1. The molecule has 33 heavy (non-hydrogen) atoms. The molecular weight excluding hydrogens is 445 g/mol. The largest absolute Gasteiger partial charge is 0.314 e. The van der Waals surface area contributed by atoms with Crippen LogP contribution in [-0.4, -0.2) is 17.6 Å². The Bertz CT molecular complexity index is 770. The van der Waals surface area contributed by atoms with Crippen LogP contribution < -0.4 is 0 Å². The maximum atomic E-state index is 6.79. The zero-order chi connectivity index (χ0) is 23.9. The minimum Gasteiger partial charge on any atom is -0.314 e. The summed E-state index contributed by atoms with van der Waals surface area (Å²) in [6.45, 7) is 10.2. The summed E-state index contributed by atoms with van der Waals surface area (Å²) in [5, 5.41) is 1.53. The van der Waals surface area contributed by atoms with Crippen LogP contribution >= 0.6 is 23.2 Å². The third-order valence-corrected chi connectivity index (χ3v) is 7.98. The van der Waals surface area contributed by atoms with Crippen LogP contribution in [0, 0.1) is 0 Å². The Balaban J connectivity index is 2.05. The summed E-state index contributed by atoms with van der Waals surface area (Å²) in [5.74, 6) is 0. The molecule has 0 fully saturated rings. The molecule has 2 aromatic carbocycles. The van der Waals surface area contributed by atoms with Crippen LogP contribution in [0.15, 0.2) is 48.5 Å². The van der Waals surface area contributed by atoms with Crippen molar-refractivity contribution >= 4 is 23.2 Å². The van der Waals surface area contributed by atoms with E-state index >= 15 is 0 Å². The molecule has 0 bridgehead atoms. The van der Waals surface area contributed by atoms with Gasteiger partial charge in [-0.15, -0.1) is 0 Å². The van der Waals surface area contributed by atoms with E-state index in [0.29, 0.717) is 6.04 Å². The van der Waals surface area contributed by atoms with E-state index in [1.807, 2.05) is 12.1 Å². The fourth-order valence-corrected chi connectivity index (χ4v) is 5.80. The van der Waals surface area contributed by atoms with Gasteiger partial charge in [-0.05, 0) is 32.4 Å². The van der Waals surface area contributed by atoms with Crippen molar-refractivity contribution in [3.05, 3.63) is 69.7 Å². The van der Waals surface area contributed by atoms with Crippen molar-refractivity contribution in [2.24, 2.45) is 0 Å². The lowest BCUT2D eigenvalue weighted by Crippen LogP contribution is -2.49. The maximum absolute atomic E-state index is 6.79. The van der Waals surface area contributed by atoms with E-state index in [9.17, 15) is 0 Å². The normalized spacial score (nSPS) is 12.8. The molecule has 1 atom stereocenters. The topological polar surface area (TPSA) is 0 Å². The summed E-state index contributed by atoms with van der Waals surface area (Å²) in [5.41, 5.74) is 2.66. The second kappa shape index (κ2) is 15.8. The molecule has 0 aliphatic rings. The SMILES string of the molecule is CCCCCCCCCCCCC(c1ccc(Cl)cc1Cl)[N+](CC)(CC)Cc1ccccc1. The van der Waals surface area contributed by atoms with Gasteiger partial charge in [-0.2, -0.15) is 0 Å². The third-order valence-electron chi connectivity index (χ3n) is 7.41. The van der Waals surface area contributed by atoms with E-state index in [1.54, 1.807) is 0 Å². The van der Waals surface area contributed by atoms with Gasteiger partial charge in [-0.3, -0.25) is 0 Å². The van der Waals surface area contributed by atoms with Gasteiger partial charge in [0.25, 0.3) is 0 Å². The van der Waals surface area contributed by atoms with Crippen LogP contribution in [0.5, 0.6) is 0 Å². The van der Waals surface area contributed by atoms with Crippen LogP contribution in [0.1, 0.15) is 109 Å². The number of halogens is 2. The molecule has 0 amide bonds. The van der Waals surface area contributed by atoms with Crippen molar-refractivity contribution in [1.82, 2.24) is 0 Å². The Labute approximate surface area is 214 Å². The van der Waals surface area contributed by atoms with Gasteiger partial charge in [0.1, 0.15) is 12.6 Å². The van der Waals surface area contributed by atoms with E-state index in [1.165, 1.54) is 81.8 Å². The fourth-order valence-electron chi connectivity index (χ4n) is 5.27. The quantitative estimate of drug-likeness (QED) is 0.152. The lowest BCUT2D eigenvalue weighted by atomic mass is 9.94. The van der Waals surface area contributed by atoms with Gasteiger partial charge in [0.15, 0.2) is 0 Å². The highest BCUT2D eigenvalue weighted by Gasteiger charge is 2.36. The summed E-state index contributed by atoms with van der Waals surface area (Å²) in [6.07, 6.45) is 14.8. The van der Waals surface area contributed by atoms with Gasteiger partial charge >= 0.3 is 0 Å². The third kappa shape index (κ3) is 9.27. The molecule has 0 aromatic heterocycles. The number of nitrogens with zero attached hydrogens (tertiary/aromatic N) is 1. The summed E-state index contributed by atoms with van der Waals surface area (Å²) in [4.78, 5) is 0. The van der Waals surface area contributed by atoms with Gasteiger partial charge in [-0.25, -0.2) is 0 Å². The Hall–Kier alpha value is -1.02. The Morgan fingerprint density at radius 1 is 0.697 bits per heavy atom. The van der Waals surface area contributed by atoms with Crippen LogP contribution in [0.3, 0.4) is 0 Å². The summed E-state index contributed by atoms with van der Waals surface area (Å²) in [6, 6.07) is 17.4. The number of rotatable bonds is 17. The molecule has 0 aliphatic carbocycles. The molecule has 0 N–H and O–H groups in total. The van der Waals surface area contributed by atoms with Crippen molar-refractivity contribution < 1.29 is 4.48 Å². The second-order valence-electron chi connectivity index (χ2n) is 9.65. The first-order valence-corrected chi connectivity index (χ1v) is 14.2. The maximum Gasteiger partial charge on any atom is 0.116 e. The zero-order valence-electron chi connectivity index (χ0n) is 21.3. The van der Waals surface area contributed by atoms with Crippen LogP contribution in [0.2, 0.25) is 10.0 Å². The van der Waals surface area contributed by atoms with Gasteiger partial charge in [0.05, 0.1) is 18.1 Å². The van der Waals surface area contributed by atoms with Crippen molar-refractivity contribution in [2.45, 2.75) is 104 Å². The molecular formula is C30H46Cl2N+. The van der Waals surface area contributed by atoms with Crippen molar-refractivity contribution in [3.63, 3.8) is 0 Å². The van der Waals surface area contributed by atoms with Crippen molar-refractivity contribution in [3.8, 4) is 0 Å². The van der Waals surface area contributed by atoms with Crippen LogP contribution in [0.4, 0.5) is 0 Å². The van der Waals surface area contributed by atoms with Crippen molar-refractivity contribution in [2.75, 3.05) is 13.1 Å². The summed E-state index contributed by atoms with van der Waals surface area (Å²) in [7, 11) is 0. The average Bonchev–Trinajstić information content (AvgIpc) is 2.83. The second-order valence-corrected chi connectivity index (χ2v) is 10.5. The highest BCUT2D eigenvalue weighted by Crippen LogP contribution is 2.39. The summed E-state index contributed by atoms with van der Waals surface area (Å²) >= 11 is 13.0. The summed E-state index contributed by atoms with van der Waals surface area (Å²) < 4.78 is 1.03. The van der Waals surface area contributed by atoms with Crippen LogP contribution in [0.25, 0.3) is 0 Å². The Morgan fingerprint density at radius 2 is 1.27 bits per heavy atom. The average molecular weight is 492 g/mol. The minimum absolute atomic E-state index is 0.388. The smallest absolute Gasteiger partial charge is 0.116 e. The number of hydrogen-bond acceptors (Lipinski definition) is 0. The van der Waals surface area contributed by atoms with E-state index in [2.05, 4.69) is 57.2 Å². The van der Waals surface area contributed by atoms with E-state index in [0.717, 1.165) is 34.2 Å². The first kappa shape index (κ1) is 28.2. The van der Waals surface area contributed by atoms with Crippen molar-refractivity contribution in [1.29, 1.82) is 0 Å². The van der Waals surface area contributed by atoms with Gasteiger partial charge in [0, 0.05) is 22.6 Å². The molecule has 184 valence electrons. The van der Waals surface area contributed by atoms with Gasteiger partial charge < -0.3 is 4.48 Å². The lowest BCUT2D eigenvalue weighted by Gasteiger charge is -2.44. The molecule has 1 nitrogen and oxygen atoms in total. The van der Waals surface area contributed by atoms with Gasteiger partial charge in [-0.1, -0.05) is 124 Å². The van der Waals surface area contributed by atoms with E-state index in [-0.39, 0.29) is 0 Å². The monoisotopic (exact) mass is 490 g/mol. The number of benzene rings is 2. The van der Waals surface area contributed by atoms with E-state index < -0.39 is 0 Å². The molecule has 0 heterocycles. The number of quaternary nitrogens is 1. The predicted octanol–water partition coefficient (Wildman–Crippen LogP) is 10.4. The predicted molar refractivity (Wildman–Crippen MR) is 147 cm³/mol. The molecule has 3 heteroatoms. The molecule has 0 radical (unpaired) electrons. The molecule has 0 saturated heterocycles. The highest BCUT2D eigenvalue weighted by atomic mass is 35.5. The molecule has 1 unspecified atom stereocenters. The Morgan fingerprint density at radius 3 is 1.82 bits per heavy atom.